The van der Waals surface area contributed by atoms with Gasteiger partial charge in [-0.3, -0.25) is 9.59 Å². The van der Waals surface area contributed by atoms with Crippen LogP contribution in [0.15, 0.2) is 49.2 Å². The number of Topliss-reactive ketones (excluding diaryl/α,β-unsaturated/α-hetero) is 1. The first kappa shape index (κ1) is 24.2. The highest BCUT2D eigenvalue weighted by molar-refractivity contribution is 6.30. The Balaban J connectivity index is 2.01. The first-order valence-electron chi connectivity index (χ1n) is 9.75. The minimum atomic E-state index is -0.752. The number of pyridine rings is 1. The van der Waals surface area contributed by atoms with Crippen molar-refractivity contribution in [3.05, 3.63) is 59.9 Å². The number of carbonyl (C=O) groups is 2. The Morgan fingerprint density at radius 1 is 1.29 bits per heavy atom. The minimum absolute atomic E-state index is 0.132. The lowest BCUT2D eigenvalue weighted by molar-refractivity contribution is -0.157. The fraction of sp³-hybridized carbons (Fsp3) is 0.348. The van der Waals surface area contributed by atoms with E-state index < -0.39 is 29.9 Å². The third-order valence-electron chi connectivity index (χ3n) is 4.57. The smallest absolute Gasteiger partial charge is 0.309 e. The number of hydrogen-bond donors (Lipinski definition) is 1. The normalized spacial score (nSPS) is 13.5. The molecule has 1 heterocycles. The van der Waals surface area contributed by atoms with Gasteiger partial charge in [0.2, 0.25) is 0 Å². The van der Waals surface area contributed by atoms with Gasteiger partial charge in [-0.15, -0.1) is 6.58 Å². The van der Waals surface area contributed by atoms with E-state index in [9.17, 15) is 14.7 Å². The maximum absolute atomic E-state index is 12.6. The van der Waals surface area contributed by atoms with E-state index in [1.165, 1.54) is 19.4 Å². The quantitative estimate of drug-likeness (QED) is 0.305. The molecular formula is C23H26ClNO6. The first-order valence-corrected chi connectivity index (χ1v) is 10.1. The summed E-state index contributed by atoms with van der Waals surface area (Å²) in [7, 11) is 1.37. The number of aromatic nitrogens is 1. The van der Waals surface area contributed by atoms with Crippen molar-refractivity contribution in [1.29, 1.82) is 0 Å². The van der Waals surface area contributed by atoms with Crippen LogP contribution in [0.2, 0.25) is 5.02 Å². The summed E-state index contributed by atoms with van der Waals surface area (Å²) in [5.41, 5.74) is -0.152. The van der Waals surface area contributed by atoms with Crippen LogP contribution < -0.4 is 9.47 Å². The van der Waals surface area contributed by atoms with Crippen molar-refractivity contribution < 1.29 is 28.9 Å². The maximum Gasteiger partial charge on any atom is 0.309 e. The van der Waals surface area contributed by atoms with Gasteiger partial charge in [0.1, 0.15) is 18.0 Å². The molecule has 0 saturated heterocycles. The fourth-order valence-electron chi connectivity index (χ4n) is 2.85. The average molecular weight is 448 g/mol. The molecule has 0 amide bonds. The van der Waals surface area contributed by atoms with Gasteiger partial charge in [-0.25, -0.2) is 4.98 Å². The molecule has 0 aliphatic carbocycles. The van der Waals surface area contributed by atoms with Crippen LogP contribution in [0.3, 0.4) is 0 Å². The Kier molecular flexibility index (Phi) is 8.88. The molecule has 2 aromatic rings. The molecule has 2 rings (SSSR count). The topological polar surface area (TPSA) is 95.0 Å². The van der Waals surface area contributed by atoms with E-state index in [0.717, 1.165) is 0 Å². The van der Waals surface area contributed by atoms with Crippen molar-refractivity contribution >= 4 is 23.4 Å². The number of aromatic hydroxyl groups is 1. The maximum atomic E-state index is 12.6. The molecule has 0 bridgehead atoms. The van der Waals surface area contributed by atoms with E-state index in [4.69, 9.17) is 25.8 Å². The molecule has 1 N–H and O–H groups in total. The molecule has 31 heavy (non-hydrogen) atoms. The summed E-state index contributed by atoms with van der Waals surface area (Å²) < 4.78 is 16.4. The number of halogens is 1. The number of esters is 1. The highest BCUT2D eigenvalue weighted by Gasteiger charge is 2.27. The van der Waals surface area contributed by atoms with Crippen molar-refractivity contribution in [1.82, 2.24) is 4.98 Å². The van der Waals surface area contributed by atoms with Gasteiger partial charge in [0.05, 0.1) is 13.0 Å². The average Bonchev–Trinajstić information content (AvgIpc) is 2.73. The van der Waals surface area contributed by atoms with Crippen LogP contribution in [-0.2, 0) is 9.53 Å². The third kappa shape index (κ3) is 6.72. The predicted octanol–water partition coefficient (Wildman–Crippen LogP) is 4.61. The number of rotatable bonds is 11. The standard InChI is InChI=1S/C23H26ClNO6/c1-5-7-19(31-17-9-6-8-16(24)13-17)15(3)30-23(28)14(2)12-18(26)21-22(27)20(29-4)10-11-25-21/h5-6,8-11,13-15,19,27H,1,7,12H2,2-4H3/t14-,15+,19-/m1/s1. The molecule has 0 aliphatic heterocycles. The van der Waals surface area contributed by atoms with Gasteiger partial charge in [0.25, 0.3) is 0 Å². The summed E-state index contributed by atoms with van der Waals surface area (Å²) in [5.74, 6) is -1.49. The van der Waals surface area contributed by atoms with Gasteiger partial charge >= 0.3 is 5.97 Å². The SMILES string of the molecule is C=CC[C@@H](Oc1cccc(Cl)c1)[C@H](C)OC(=O)[C@H](C)CC(=O)c1nccc(OC)c1O. The van der Waals surface area contributed by atoms with Crippen LogP contribution in [0.5, 0.6) is 17.2 Å². The van der Waals surface area contributed by atoms with E-state index in [-0.39, 0.29) is 23.6 Å². The fourth-order valence-corrected chi connectivity index (χ4v) is 3.03. The molecule has 8 heteroatoms. The van der Waals surface area contributed by atoms with E-state index in [1.807, 2.05) is 0 Å². The zero-order valence-corrected chi connectivity index (χ0v) is 18.5. The first-order chi connectivity index (χ1) is 14.8. The van der Waals surface area contributed by atoms with Crippen molar-refractivity contribution in [2.24, 2.45) is 5.92 Å². The van der Waals surface area contributed by atoms with E-state index >= 15 is 0 Å². The number of hydrogen-bond acceptors (Lipinski definition) is 7. The molecule has 0 fully saturated rings. The van der Waals surface area contributed by atoms with Crippen molar-refractivity contribution in [3.8, 4) is 17.2 Å². The van der Waals surface area contributed by atoms with Crippen LogP contribution in [0, 0.1) is 5.92 Å². The van der Waals surface area contributed by atoms with Crippen LogP contribution in [0.1, 0.15) is 37.2 Å². The summed E-state index contributed by atoms with van der Waals surface area (Å²) in [6.07, 6.45) is 2.20. The molecule has 0 unspecified atom stereocenters. The van der Waals surface area contributed by atoms with Crippen LogP contribution >= 0.6 is 11.6 Å². The summed E-state index contributed by atoms with van der Waals surface area (Å²) >= 11 is 5.99. The molecule has 0 spiro atoms. The lowest BCUT2D eigenvalue weighted by Gasteiger charge is -2.25. The zero-order chi connectivity index (χ0) is 23.0. The molecule has 0 aliphatic rings. The second-order valence-electron chi connectivity index (χ2n) is 7.02. The second kappa shape index (κ2) is 11.4. The molecule has 3 atom stereocenters. The number of methoxy groups -OCH3 is 1. The Hall–Kier alpha value is -3.06. The van der Waals surface area contributed by atoms with Crippen LogP contribution in [0.4, 0.5) is 0 Å². The highest BCUT2D eigenvalue weighted by Crippen LogP contribution is 2.29. The summed E-state index contributed by atoms with van der Waals surface area (Å²) in [5, 5.41) is 10.6. The minimum Gasteiger partial charge on any atom is -0.503 e. The summed E-state index contributed by atoms with van der Waals surface area (Å²) in [4.78, 5) is 29.0. The molecule has 1 aromatic carbocycles. The van der Waals surface area contributed by atoms with Crippen molar-refractivity contribution in [2.75, 3.05) is 7.11 Å². The third-order valence-corrected chi connectivity index (χ3v) is 4.81. The van der Waals surface area contributed by atoms with Gasteiger partial charge in [0.15, 0.2) is 23.0 Å². The number of nitrogens with zero attached hydrogens (tertiary/aromatic N) is 1. The van der Waals surface area contributed by atoms with Gasteiger partial charge in [-0.05, 0) is 25.1 Å². The van der Waals surface area contributed by atoms with E-state index in [2.05, 4.69) is 11.6 Å². The number of carbonyl (C=O) groups excluding carboxylic acids is 2. The molecule has 0 saturated carbocycles. The van der Waals surface area contributed by atoms with E-state index in [0.29, 0.717) is 17.2 Å². The highest BCUT2D eigenvalue weighted by atomic mass is 35.5. The predicted molar refractivity (Wildman–Crippen MR) is 117 cm³/mol. The number of ketones is 1. The van der Waals surface area contributed by atoms with Crippen LogP contribution in [-0.4, -0.2) is 41.2 Å². The number of ether oxygens (including phenoxy) is 3. The Bertz CT molecular complexity index is 932. The lowest BCUT2D eigenvalue weighted by Crippen LogP contribution is -2.35. The Morgan fingerprint density at radius 3 is 2.68 bits per heavy atom. The number of benzene rings is 1. The lowest BCUT2D eigenvalue weighted by atomic mass is 10.0. The molecular weight excluding hydrogens is 422 g/mol. The van der Waals surface area contributed by atoms with Gasteiger partial charge in [0, 0.05) is 30.1 Å². The van der Waals surface area contributed by atoms with Gasteiger partial charge in [-0.1, -0.05) is 30.7 Å². The molecule has 7 nitrogen and oxygen atoms in total. The zero-order valence-electron chi connectivity index (χ0n) is 17.7. The molecule has 166 valence electrons. The Labute approximate surface area is 186 Å². The molecule has 0 radical (unpaired) electrons. The summed E-state index contributed by atoms with van der Waals surface area (Å²) in [6.45, 7) is 7.00. The van der Waals surface area contributed by atoms with Gasteiger partial charge in [-0.2, -0.15) is 0 Å². The largest absolute Gasteiger partial charge is 0.503 e. The summed E-state index contributed by atoms with van der Waals surface area (Å²) in [6, 6.07) is 8.35. The van der Waals surface area contributed by atoms with Gasteiger partial charge < -0.3 is 19.3 Å². The monoisotopic (exact) mass is 447 g/mol. The van der Waals surface area contributed by atoms with E-state index in [1.54, 1.807) is 44.2 Å². The van der Waals surface area contributed by atoms with Crippen LogP contribution in [0.25, 0.3) is 0 Å². The molecule has 1 aromatic heterocycles. The Morgan fingerprint density at radius 2 is 2.03 bits per heavy atom. The second-order valence-corrected chi connectivity index (χ2v) is 7.46. The van der Waals surface area contributed by atoms with Crippen molar-refractivity contribution in [3.63, 3.8) is 0 Å². The van der Waals surface area contributed by atoms with Crippen molar-refractivity contribution in [2.45, 2.75) is 38.9 Å².